The smallest absolute Gasteiger partial charge is 0.338 e. The standard InChI is InChI=1S/C24H15ClN4O3/c1-2-10-28-18-9-4-3-8-16(18)24(23(28)31)17(12-26)21(27)29(15-7-5-6-14(25)11-15)19-13-32-22(30)20(19)24/h1,3-9,11H,10,13,27H2/t24-/m0/s1. The molecule has 0 bridgehead atoms. The van der Waals surface area contributed by atoms with E-state index in [-0.39, 0.29) is 30.1 Å². The summed E-state index contributed by atoms with van der Waals surface area (Å²) in [7, 11) is 0. The second kappa shape index (κ2) is 6.91. The van der Waals surface area contributed by atoms with Gasteiger partial charge in [0.15, 0.2) is 0 Å². The zero-order chi connectivity index (χ0) is 22.6. The number of ether oxygens (including phenoxy) is 1. The number of hydrogen-bond donors (Lipinski definition) is 1. The first-order chi connectivity index (χ1) is 15.5. The third kappa shape index (κ3) is 2.31. The number of benzene rings is 2. The van der Waals surface area contributed by atoms with Crippen LogP contribution in [-0.4, -0.2) is 25.0 Å². The molecule has 7 nitrogen and oxygen atoms in total. The van der Waals surface area contributed by atoms with Crippen LogP contribution in [0.4, 0.5) is 11.4 Å². The van der Waals surface area contributed by atoms with Crippen LogP contribution in [0.2, 0.25) is 5.02 Å². The average Bonchev–Trinajstić information content (AvgIpc) is 3.27. The summed E-state index contributed by atoms with van der Waals surface area (Å²) in [4.78, 5) is 30.0. The second-order valence-corrected chi connectivity index (χ2v) is 7.88. The molecule has 0 unspecified atom stereocenters. The molecule has 1 spiro atoms. The van der Waals surface area contributed by atoms with Crippen LogP contribution in [0.25, 0.3) is 0 Å². The van der Waals surface area contributed by atoms with Gasteiger partial charge in [0.25, 0.3) is 0 Å². The Kier molecular flexibility index (Phi) is 4.27. The Hall–Kier alpha value is -4.20. The summed E-state index contributed by atoms with van der Waals surface area (Å²) < 4.78 is 5.38. The fraction of sp³-hybridized carbons (Fsp3) is 0.125. The minimum Gasteiger partial charge on any atom is -0.456 e. The summed E-state index contributed by atoms with van der Waals surface area (Å²) >= 11 is 6.18. The molecular formula is C24H15ClN4O3. The molecule has 8 heteroatoms. The molecule has 0 radical (unpaired) electrons. The van der Waals surface area contributed by atoms with Crippen molar-refractivity contribution < 1.29 is 14.3 Å². The number of cyclic esters (lactones) is 1. The molecule has 5 rings (SSSR count). The monoisotopic (exact) mass is 442 g/mol. The van der Waals surface area contributed by atoms with Crippen molar-refractivity contribution in [1.82, 2.24) is 0 Å². The fourth-order valence-corrected chi connectivity index (χ4v) is 4.94. The first-order valence-electron chi connectivity index (χ1n) is 9.68. The number of nitrogens with two attached hydrogens (primary N) is 1. The normalized spacial score (nSPS) is 21.5. The van der Waals surface area contributed by atoms with Crippen molar-refractivity contribution in [2.75, 3.05) is 23.0 Å². The number of para-hydroxylation sites is 1. The highest BCUT2D eigenvalue weighted by molar-refractivity contribution is 6.30. The van der Waals surface area contributed by atoms with Crippen molar-refractivity contribution in [2.24, 2.45) is 5.73 Å². The Morgan fingerprint density at radius 3 is 2.72 bits per heavy atom. The van der Waals surface area contributed by atoms with E-state index < -0.39 is 17.3 Å². The first-order valence-corrected chi connectivity index (χ1v) is 10.1. The Bertz CT molecular complexity index is 1360. The Morgan fingerprint density at radius 1 is 1.22 bits per heavy atom. The molecule has 3 heterocycles. The SMILES string of the molecule is C#CCN1C(=O)[C@]2(C(C#N)=C(N)N(c3cccc(Cl)c3)C3=C2C(=O)OC3)c2ccccc21. The summed E-state index contributed by atoms with van der Waals surface area (Å²) in [5, 5.41) is 10.7. The topological polar surface area (TPSA) is 99.7 Å². The number of rotatable bonds is 2. The largest absolute Gasteiger partial charge is 0.456 e. The average molecular weight is 443 g/mol. The summed E-state index contributed by atoms with van der Waals surface area (Å²) in [5.74, 6) is 1.31. The number of fused-ring (bicyclic) bond motifs is 3. The maximum Gasteiger partial charge on any atom is 0.338 e. The molecule has 0 aliphatic carbocycles. The van der Waals surface area contributed by atoms with Crippen molar-refractivity contribution in [3.63, 3.8) is 0 Å². The molecule has 3 aliphatic rings. The zero-order valence-electron chi connectivity index (χ0n) is 16.6. The van der Waals surface area contributed by atoms with Gasteiger partial charge < -0.3 is 10.5 Å². The van der Waals surface area contributed by atoms with Crippen LogP contribution in [0.5, 0.6) is 0 Å². The van der Waals surface area contributed by atoms with Crippen LogP contribution in [0, 0.1) is 23.7 Å². The predicted octanol–water partition coefficient (Wildman–Crippen LogP) is 2.58. The third-order valence-corrected chi connectivity index (χ3v) is 6.18. The highest BCUT2D eigenvalue weighted by Gasteiger charge is 2.63. The van der Waals surface area contributed by atoms with E-state index in [2.05, 4.69) is 12.0 Å². The van der Waals surface area contributed by atoms with E-state index in [1.807, 2.05) is 0 Å². The molecule has 0 saturated carbocycles. The second-order valence-electron chi connectivity index (χ2n) is 7.45. The zero-order valence-corrected chi connectivity index (χ0v) is 17.4. The van der Waals surface area contributed by atoms with Gasteiger partial charge in [0.05, 0.1) is 23.4 Å². The number of carbonyl (C=O) groups excluding carboxylic acids is 2. The molecule has 0 saturated heterocycles. The van der Waals surface area contributed by atoms with E-state index in [9.17, 15) is 14.9 Å². The first kappa shape index (κ1) is 19.7. The number of anilines is 2. The van der Waals surface area contributed by atoms with Crippen molar-refractivity contribution in [1.29, 1.82) is 5.26 Å². The van der Waals surface area contributed by atoms with Gasteiger partial charge in [0.1, 0.15) is 23.9 Å². The molecule has 156 valence electrons. The van der Waals surface area contributed by atoms with Gasteiger partial charge in [-0.3, -0.25) is 14.6 Å². The van der Waals surface area contributed by atoms with Gasteiger partial charge in [0.2, 0.25) is 5.91 Å². The van der Waals surface area contributed by atoms with Gasteiger partial charge in [-0.15, -0.1) is 6.42 Å². The van der Waals surface area contributed by atoms with Gasteiger partial charge in [-0.25, -0.2) is 4.79 Å². The molecular weight excluding hydrogens is 428 g/mol. The molecule has 1 atom stereocenters. The van der Waals surface area contributed by atoms with E-state index in [1.165, 1.54) is 4.90 Å². The Labute approximate surface area is 188 Å². The van der Waals surface area contributed by atoms with Crippen LogP contribution in [0.15, 0.2) is 71.2 Å². The molecule has 2 N–H and O–H groups in total. The highest BCUT2D eigenvalue weighted by Crippen LogP contribution is 2.56. The van der Waals surface area contributed by atoms with Crippen LogP contribution in [0.3, 0.4) is 0 Å². The lowest BCUT2D eigenvalue weighted by atomic mass is 9.67. The van der Waals surface area contributed by atoms with Crippen molar-refractivity contribution >= 4 is 34.9 Å². The summed E-state index contributed by atoms with van der Waals surface area (Å²) in [6.45, 7) is -0.127. The number of terminal acetylenes is 1. The lowest BCUT2D eigenvalue weighted by Crippen LogP contribution is -2.50. The highest BCUT2D eigenvalue weighted by atomic mass is 35.5. The van der Waals surface area contributed by atoms with Crippen molar-refractivity contribution in [2.45, 2.75) is 5.41 Å². The quantitative estimate of drug-likeness (QED) is 0.567. The summed E-state index contributed by atoms with van der Waals surface area (Å²) in [5.41, 5.74) is 6.74. The number of nitrogens with zero attached hydrogens (tertiary/aromatic N) is 3. The van der Waals surface area contributed by atoms with Gasteiger partial charge in [-0.1, -0.05) is 41.8 Å². The third-order valence-electron chi connectivity index (χ3n) is 5.94. The Balaban J connectivity index is 1.87. The number of carbonyl (C=O) groups is 2. The van der Waals surface area contributed by atoms with Gasteiger partial charge in [-0.2, -0.15) is 5.26 Å². The number of halogens is 1. The van der Waals surface area contributed by atoms with E-state index in [0.717, 1.165) is 0 Å². The van der Waals surface area contributed by atoms with E-state index in [0.29, 0.717) is 27.7 Å². The molecule has 2 aromatic carbocycles. The Morgan fingerprint density at radius 2 is 2.00 bits per heavy atom. The summed E-state index contributed by atoms with van der Waals surface area (Å²) in [6.07, 6.45) is 5.52. The summed E-state index contributed by atoms with van der Waals surface area (Å²) in [6, 6.07) is 15.9. The van der Waals surface area contributed by atoms with Crippen LogP contribution < -0.4 is 15.5 Å². The van der Waals surface area contributed by atoms with E-state index in [1.54, 1.807) is 53.4 Å². The van der Waals surface area contributed by atoms with Crippen LogP contribution in [0.1, 0.15) is 5.56 Å². The minimum atomic E-state index is -1.73. The maximum absolute atomic E-state index is 13.9. The molecule has 0 fully saturated rings. The molecule has 2 aromatic rings. The van der Waals surface area contributed by atoms with Gasteiger partial charge in [0, 0.05) is 22.0 Å². The lowest BCUT2D eigenvalue weighted by Gasteiger charge is -2.38. The van der Waals surface area contributed by atoms with Crippen LogP contribution in [-0.2, 0) is 19.7 Å². The molecule has 1 amide bonds. The number of esters is 1. The number of hydrogen-bond acceptors (Lipinski definition) is 6. The molecule has 0 aromatic heterocycles. The lowest BCUT2D eigenvalue weighted by molar-refractivity contribution is -0.137. The number of amides is 1. The van der Waals surface area contributed by atoms with E-state index in [4.69, 9.17) is 28.5 Å². The fourth-order valence-electron chi connectivity index (χ4n) is 4.75. The maximum atomic E-state index is 13.9. The van der Waals surface area contributed by atoms with Gasteiger partial charge in [-0.05, 0) is 24.3 Å². The predicted molar refractivity (Wildman–Crippen MR) is 118 cm³/mol. The molecule has 32 heavy (non-hydrogen) atoms. The molecule has 3 aliphatic heterocycles. The van der Waals surface area contributed by atoms with Gasteiger partial charge >= 0.3 is 5.97 Å². The minimum absolute atomic E-state index is 0.0219. The van der Waals surface area contributed by atoms with E-state index >= 15 is 0 Å². The number of nitriles is 1. The van der Waals surface area contributed by atoms with Crippen molar-refractivity contribution in [3.05, 3.63) is 81.8 Å². The van der Waals surface area contributed by atoms with Crippen LogP contribution >= 0.6 is 11.6 Å². The van der Waals surface area contributed by atoms with Crippen molar-refractivity contribution in [3.8, 4) is 18.4 Å².